The fourth-order valence-corrected chi connectivity index (χ4v) is 1.56. The number of nitrogens with zero attached hydrogens (tertiary/aromatic N) is 1. The Labute approximate surface area is 77.0 Å². The van der Waals surface area contributed by atoms with Crippen LogP contribution >= 0.6 is 12.2 Å². The number of aromatic amines is 1. The third-order valence-corrected chi connectivity index (χ3v) is 2.40. The summed E-state index contributed by atoms with van der Waals surface area (Å²) in [6, 6.07) is 0.353. The number of aromatic nitrogens is 2. The Morgan fingerprint density at radius 2 is 2.42 bits per heavy atom. The van der Waals surface area contributed by atoms with Crippen molar-refractivity contribution >= 4 is 12.2 Å². The molecule has 1 unspecified atom stereocenters. The summed E-state index contributed by atoms with van der Waals surface area (Å²) in [6.45, 7) is 4.22. The molecule has 2 N–H and O–H groups in total. The molecule has 0 aliphatic rings. The molecule has 68 valence electrons. The lowest BCUT2D eigenvalue weighted by Crippen LogP contribution is -2.07. The average molecular weight is 186 g/mol. The Hall–Kier alpha value is -0.610. The summed E-state index contributed by atoms with van der Waals surface area (Å²) in [5.41, 5.74) is 0.856. The van der Waals surface area contributed by atoms with E-state index in [-0.39, 0.29) is 6.61 Å². The van der Waals surface area contributed by atoms with Gasteiger partial charge in [0, 0.05) is 12.2 Å². The molecule has 0 fully saturated rings. The third kappa shape index (κ3) is 1.59. The SMILES string of the molecule is CCC(C)n1c(CO)c[nH]c1=S. The number of hydrogen-bond acceptors (Lipinski definition) is 2. The van der Waals surface area contributed by atoms with E-state index in [4.69, 9.17) is 17.3 Å². The Kier molecular flexibility index (Phi) is 3.05. The summed E-state index contributed by atoms with van der Waals surface area (Å²) in [5, 5.41) is 8.99. The first-order valence-corrected chi connectivity index (χ1v) is 4.51. The number of aliphatic hydroxyl groups excluding tert-OH is 1. The van der Waals surface area contributed by atoms with Crippen LogP contribution in [-0.4, -0.2) is 14.7 Å². The molecule has 0 saturated heterocycles. The van der Waals surface area contributed by atoms with E-state index < -0.39 is 0 Å². The van der Waals surface area contributed by atoms with Crippen molar-refractivity contribution in [1.82, 2.24) is 9.55 Å². The number of H-pyrrole nitrogens is 1. The Bertz CT molecular complexity index is 302. The summed E-state index contributed by atoms with van der Waals surface area (Å²) >= 11 is 5.08. The highest BCUT2D eigenvalue weighted by Gasteiger charge is 2.07. The molecule has 4 heteroatoms. The van der Waals surface area contributed by atoms with Crippen molar-refractivity contribution < 1.29 is 5.11 Å². The fraction of sp³-hybridized carbons (Fsp3) is 0.625. The van der Waals surface area contributed by atoms with Crippen LogP contribution in [0.2, 0.25) is 0 Å². The van der Waals surface area contributed by atoms with Crippen molar-refractivity contribution in [2.75, 3.05) is 0 Å². The van der Waals surface area contributed by atoms with E-state index in [2.05, 4.69) is 18.8 Å². The maximum absolute atomic E-state index is 8.99. The minimum absolute atomic E-state index is 0.0392. The van der Waals surface area contributed by atoms with Gasteiger partial charge in [-0.15, -0.1) is 0 Å². The summed E-state index contributed by atoms with van der Waals surface area (Å²) in [6.07, 6.45) is 2.77. The molecular weight excluding hydrogens is 172 g/mol. The van der Waals surface area contributed by atoms with Crippen LogP contribution in [0.25, 0.3) is 0 Å². The lowest BCUT2D eigenvalue weighted by molar-refractivity contribution is 0.266. The van der Waals surface area contributed by atoms with Gasteiger partial charge in [-0.3, -0.25) is 0 Å². The van der Waals surface area contributed by atoms with Crippen molar-refractivity contribution in [3.8, 4) is 0 Å². The second-order valence-electron chi connectivity index (χ2n) is 2.87. The van der Waals surface area contributed by atoms with Gasteiger partial charge in [-0.05, 0) is 25.6 Å². The minimum Gasteiger partial charge on any atom is -0.390 e. The number of aliphatic hydroxyl groups is 1. The van der Waals surface area contributed by atoms with Crippen LogP contribution in [0.1, 0.15) is 32.0 Å². The van der Waals surface area contributed by atoms with Crippen LogP contribution in [0.5, 0.6) is 0 Å². The smallest absolute Gasteiger partial charge is 0.177 e. The van der Waals surface area contributed by atoms with Crippen molar-refractivity contribution in [2.45, 2.75) is 32.9 Å². The summed E-state index contributed by atoms with van der Waals surface area (Å²) in [5.74, 6) is 0. The molecule has 3 nitrogen and oxygen atoms in total. The van der Waals surface area contributed by atoms with Gasteiger partial charge in [0.2, 0.25) is 0 Å². The van der Waals surface area contributed by atoms with Crippen LogP contribution in [0, 0.1) is 4.77 Å². The molecule has 0 bridgehead atoms. The largest absolute Gasteiger partial charge is 0.390 e. The molecule has 1 atom stereocenters. The number of imidazole rings is 1. The van der Waals surface area contributed by atoms with Gasteiger partial charge in [-0.25, -0.2) is 0 Å². The van der Waals surface area contributed by atoms with Crippen LogP contribution in [-0.2, 0) is 6.61 Å². The molecule has 1 heterocycles. The highest BCUT2D eigenvalue weighted by Crippen LogP contribution is 2.14. The predicted molar refractivity (Wildman–Crippen MR) is 50.5 cm³/mol. The van der Waals surface area contributed by atoms with E-state index in [1.54, 1.807) is 6.20 Å². The molecule has 0 amide bonds. The van der Waals surface area contributed by atoms with Crippen LogP contribution in [0.15, 0.2) is 6.20 Å². The van der Waals surface area contributed by atoms with E-state index in [1.165, 1.54) is 0 Å². The summed E-state index contributed by atoms with van der Waals surface area (Å²) in [7, 11) is 0. The highest BCUT2D eigenvalue weighted by molar-refractivity contribution is 7.71. The van der Waals surface area contributed by atoms with E-state index in [0.717, 1.165) is 12.1 Å². The maximum atomic E-state index is 8.99. The molecule has 1 aromatic rings. The first-order valence-electron chi connectivity index (χ1n) is 4.10. The average Bonchev–Trinajstić information content (AvgIpc) is 2.45. The van der Waals surface area contributed by atoms with Crippen LogP contribution in [0.3, 0.4) is 0 Å². The Morgan fingerprint density at radius 3 is 2.92 bits per heavy atom. The summed E-state index contributed by atoms with van der Waals surface area (Å²) in [4.78, 5) is 2.92. The van der Waals surface area contributed by atoms with Crippen molar-refractivity contribution in [2.24, 2.45) is 0 Å². The van der Waals surface area contributed by atoms with Crippen LogP contribution in [0.4, 0.5) is 0 Å². The number of rotatable bonds is 3. The highest BCUT2D eigenvalue weighted by atomic mass is 32.1. The van der Waals surface area contributed by atoms with Gasteiger partial charge in [0.25, 0.3) is 0 Å². The Morgan fingerprint density at radius 1 is 1.75 bits per heavy atom. The van der Waals surface area contributed by atoms with Gasteiger partial charge < -0.3 is 14.7 Å². The Balaban J connectivity index is 3.10. The maximum Gasteiger partial charge on any atom is 0.177 e. The number of hydrogen-bond donors (Lipinski definition) is 2. The van der Waals surface area contributed by atoms with Gasteiger partial charge >= 0.3 is 0 Å². The van der Waals surface area contributed by atoms with Crippen LogP contribution < -0.4 is 0 Å². The molecule has 1 rings (SSSR count). The molecule has 1 aromatic heterocycles. The zero-order chi connectivity index (χ0) is 9.14. The van der Waals surface area contributed by atoms with Gasteiger partial charge in [0.05, 0.1) is 12.3 Å². The molecule has 0 radical (unpaired) electrons. The third-order valence-electron chi connectivity index (χ3n) is 2.08. The lowest BCUT2D eigenvalue weighted by Gasteiger charge is -2.12. The normalized spacial score (nSPS) is 13.2. The first kappa shape index (κ1) is 9.48. The van der Waals surface area contributed by atoms with Crippen molar-refractivity contribution in [3.63, 3.8) is 0 Å². The zero-order valence-electron chi connectivity index (χ0n) is 7.37. The predicted octanol–water partition coefficient (Wildman–Crippen LogP) is 2.01. The quantitative estimate of drug-likeness (QED) is 0.709. The van der Waals surface area contributed by atoms with E-state index in [1.807, 2.05) is 4.57 Å². The van der Waals surface area contributed by atoms with Crippen molar-refractivity contribution in [3.05, 3.63) is 16.7 Å². The van der Waals surface area contributed by atoms with Gasteiger partial charge in [0.1, 0.15) is 0 Å². The summed E-state index contributed by atoms with van der Waals surface area (Å²) < 4.78 is 2.64. The van der Waals surface area contributed by atoms with E-state index in [9.17, 15) is 0 Å². The monoisotopic (exact) mass is 186 g/mol. The minimum atomic E-state index is 0.0392. The second kappa shape index (κ2) is 3.87. The molecule has 0 aromatic carbocycles. The second-order valence-corrected chi connectivity index (χ2v) is 3.26. The van der Waals surface area contributed by atoms with E-state index >= 15 is 0 Å². The zero-order valence-corrected chi connectivity index (χ0v) is 8.19. The number of nitrogens with one attached hydrogen (secondary N) is 1. The first-order chi connectivity index (χ1) is 5.70. The van der Waals surface area contributed by atoms with Crippen molar-refractivity contribution in [1.29, 1.82) is 0 Å². The van der Waals surface area contributed by atoms with Gasteiger partial charge in [0.15, 0.2) is 4.77 Å². The molecule has 0 aliphatic carbocycles. The van der Waals surface area contributed by atoms with Gasteiger partial charge in [-0.1, -0.05) is 6.92 Å². The topological polar surface area (TPSA) is 41.0 Å². The molecular formula is C8H14N2OS. The fourth-order valence-electron chi connectivity index (χ4n) is 1.20. The molecule has 0 aliphatic heterocycles. The molecule has 12 heavy (non-hydrogen) atoms. The molecule has 0 saturated carbocycles. The van der Waals surface area contributed by atoms with Gasteiger partial charge in [-0.2, -0.15) is 0 Å². The standard InChI is InChI=1S/C8H14N2OS/c1-3-6(2)10-7(5-11)4-9-8(10)12/h4,6,11H,3,5H2,1-2H3,(H,9,12). The van der Waals surface area contributed by atoms with E-state index in [0.29, 0.717) is 10.8 Å². The molecule has 0 spiro atoms. The lowest BCUT2D eigenvalue weighted by atomic mass is 10.2.